The van der Waals surface area contributed by atoms with Crippen LogP contribution >= 0.6 is 0 Å². The highest BCUT2D eigenvalue weighted by molar-refractivity contribution is 6.58. The predicted octanol–water partition coefficient (Wildman–Crippen LogP) is 1.08. The number of aromatic nitrogens is 2. The summed E-state index contributed by atoms with van der Waals surface area (Å²) in [6, 6.07) is 27.8. The van der Waals surface area contributed by atoms with Crippen LogP contribution < -0.4 is 20.1 Å². The topological polar surface area (TPSA) is 77.7 Å². The Labute approximate surface area is 198 Å². The zero-order chi connectivity index (χ0) is 23.5. The van der Waals surface area contributed by atoms with Gasteiger partial charge in [-0.2, -0.15) is 9.13 Å². The summed E-state index contributed by atoms with van der Waals surface area (Å²) >= 11 is 0. The number of pyridine rings is 2. The SMILES string of the molecule is OO[B]c1cccc(C[n+]2cccc3c4ccc[n+](Cc5cccc(B(O)O)c5)c4ccc32)c1. The number of benzene rings is 3. The molecule has 1 radical (unpaired) electrons. The Bertz CT molecular complexity index is 1480. The van der Waals surface area contributed by atoms with Crippen molar-refractivity contribution in [2.45, 2.75) is 13.1 Å². The van der Waals surface area contributed by atoms with Crippen LogP contribution in [0.15, 0.2) is 97.3 Å². The van der Waals surface area contributed by atoms with E-state index in [1.54, 1.807) is 6.07 Å². The molecule has 0 atom stereocenters. The molecule has 34 heavy (non-hydrogen) atoms. The minimum absolute atomic E-state index is 0.483. The molecule has 0 amide bonds. The van der Waals surface area contributed by atoms with Gasteiger partial charge in [0, 0.05) is 35.4 Å². The van der Waals surface area contributed by atoms with Crippen molar-refractivity contribution in [3.63, 3.8) is 0 Å². The van der Waals surface area contributed by atoms with E-state index in [0.29, 0.717) is 18.6 Å². The number of hydrogen-bond donors (Lipinski definition) is 3. The molecule has 0 saturated carbocycles. The quantitative estimate of drug-likeness (QED) is 0.114. The average molecular weight is 449 g/mol. The summed E-state index contributed by atoms with van der Waals surface area (Å²) in [5.41, 5.74) is 5.58. The van der Waals surface area contributed by atoms with E-state index < -0.39 is 7.12 Å². The molecule has 165 valence electrons. The highest BCUT2D eigenvalue weighted by atomic mass is 17.1. The lowest BCUT2D eigenvalue weighted by Crippen LogP contribution is -2.37. The van der Waals surface area contributed by atoms with E-state index in [1.807, 2.05) is 54.7 Å². The van der Waals surface area contributed by atoms with Crippen LogP contribution in [0.4, 0.5) is 0 Å². The fourth-order valence-electron chi connectivity index (χ4n) is 4.46. The molecule has 0 saturated heterocycles. The number of fused-ring (bicyclic) bond motifs is 3. The normalized spacial score (nSPS) is 11.1. The highest BCUT2D eigenvalue weighted by Crippen LogP contribution is 2.21. The average Bonchev–Trinajstić information content (AvgIpc) is 2.85. The Balaban J connectivity index is 1.53. The molecule has 5 aromatic rings. The molecule has 0 aliphatic rings. The minimum atomic E-state index is -1.48. The Morgan fingerprint density at radius 3 is 1.88 bits per heavy atom. The first-order valence-electron chi connectivity index (χ1n) is 11.0. The Kier molecular flexibility index (Phi) is 6.38. The molecule has 3 aromatic carbocycles. The van der Waals surface area contributed by atoms with Crippen LogP contribution in [-0.2, 0) is 17.9 Å². The van der Waals surface area contributed by atoms with Gasteiger partial charge in [0.25, 0.3) is 0 Å². The van der Waals surface area contributed by atoms with Crippen LogP contribution in [0.2, 0.25) is 0 Å². The fourth-order valence-corrected chi connectivity index (χ4v) is 4.46. The zero-order valence-corrected chi connectivity index (χ0v) is 18.5. The van der Waals surface area contributed by atoms with Crippen LogP contribution in [0, 0.1) is 0 Å². The molecule has 2 heterocycles. The summed E-state index contributed by atoms with van der Waals surface area (Å²) < 4.78 is 4.38. The van der Waals surface area contributed by atoms with Gasteiger partial charge in [-0.15, -0.1) is 0 Å². The highest BCUT2D eigenvalue weighted by Gasteiger charge is 2.18. The van der Waals surface area contributed by atoms with Crippen LogP contribution in [0.1, 0.15) is 11.1 Å². The van der Waals surface area contributed by atoms with Crippen molar-refractivity contribution >= 4 is 47.3 Å². The monoisotopic (exact) mass is 449 g/mol. The standard InChI is InChI=1S/C26H22B2N2O4/c31-28(32)22-8-2-6-20(16-22)18-30-14-4-10-24-23-9-3-13-29(25(23)11-12-26(24)30)17-19-5-1-7-21(15-19)27-34-33/h1-16,31-32H,17-18H2/q+1/p+1. The van der Waals surface area contributed by atoms with Crippen molar-refractivity contribution < 1.29 is 29.2 Å². The van der Waals surface area contributed by atoms with Gasteiger partial charge >= 0.3 is 14.6 Å². The Morgan fingerprint density at radius 2 is 1.29 bits per heavy atom. The smallest absolute Gasteiger partial charge is 0.423 e. The minimum Gasteiger partial charge on any atom is -0.423 e. The molecule has 6 nitrogen and oxygen atoms in total. The summed E-state index contributed by atoms with van der Waals surface area (Å²) in [6.45, 7) is 1.30. The van der Waals surface area contributed by atoms with E-state index in [4.69, 9.17) is 5.26 Å². The van der Waals surface area contributed by atoms with E-state index in [9.17, 15) is 10.0 Å². The maximum atomic E-state index is 9.51. The van der Waals surface area contributed by atoms with Crippen molar-refractivity contribution in [3.05, 3.63) is 108 Å². The second kappa shape index (κ2) is 9.75. The van der Waals surface area contributed by atoms with Gasteiger partial charge in [-0.1, -0.05) is 48.5 Å². The van der Waals surface area contributed by atoms with Gasteiger partial charge < -0.3 is 14.9 Å². The van der Waals surface area contributed by atoms with E-state index in [0.717, 1.165) is 38.4 Å². The molecule has 0 fully saturated rings. The van der Waals surface area contributed by atoms with E-state index in [2.05, 4.69) is 50.5 Å². The first-order chi connectivity index (χ1) is 16.6. The summed E-state index contributed by atoms with van der Waals surface area (Å²) in [5, 5.41) is 30.0. The third-order valence-corrected chi connectivity index (χ3v) is 6.01. The lowest BCUT2D eigenvalue weighted by molar-refractivity contribution is -0.664. The maximum Gasteiger partial charge on any atom is 0.488 e. The molecule has 0 unspecified atom stereocenters. The van der Waals surface area contributed by atoms with Gasteiger partial charge in [-0.25, -0.2) is 0 Å². The third-order valence-electron chi connectivity index (χ3n) is 6.01. The van der Waals surface area contributed by atoms with Crippen molar-refractivity contribution in [1.82, 2.24) is 0 Å². The molecule has 2 aromatic heterocycles. The Morgan fingerprint density at radius 1 is 0.706 bits per heavy atom. The largest absolute Gasteiger partial charge is 0.488 e. The van der Waals surface area contributed by atoms with Gasteiger partial charge in [0.15, 0.2) is 25.5 Å². The van der Waals surface area contributed by atoms with Crippen molar-refractivity contribution in [3.8, 4) is 0 Å². The summed E-state index contributed by atoms with van der Waals surface area (Å²) in [7, 11) is -0.174. The van der Waals surface area contributed by atoms with Gasteiger partial charge in [-0.3, -0.25) is 5.26 Å². The molecular formula is C26H23B2N2O4+2. The summed E-state index contributed by atoms with van der Waals surface area (Å²) in [6.07, 6.45) is 4.11. The summed E-state index contributed by atoms with van der Waals surface area (Å²) in [5.74, 6) is 0. The predicted molar refractivity (Wildman–Crippen MR) is 132 cm³/mol. The number of nitrogens with zero attached hydrogens (tertiary/aromatic N) is 2. The molecule has 0 spiro atoms. The lowest BCUT2D eigenvalue weighted by Gasteiger charge is -2.07. The molecule has 5 rings (SSSR count). The van der Waals surface area contributed by atoms with Crippen LogP contribution in [0.5, 0.6) is 0 Å². The van der Waals surface area contributed by atoms with Crippen LogP contribution in [0.3, 0.4) is 0 Å². The molecule has 8 heteroatoms. The number of rotatable bonds is 7. The van der Waals surface area contributed by atoms with Crippen LogP contribution in [0.25, 0.3) is 21.8 Å². The number of hydrogen-bond acceptors (Lipinski definition) is 4. The molecule has 3 N–H and O–H groups in total. The van der Waals surface area contributed by atoms with Gasteiger partial charge in [0.1, 0.15) is 0 Å². The lowest BCUT2D eigenvalue weighted by atomic mass is 9.79. The van der Waals surface area contributed by atoms with Crippen LogP contribution in [-0.4, -0.2) is 29.9 Å². The van der Waals surface area contributed by atoms with E-state index in [-0.39, 0.29) is 0 Å². The summed E-state index contributed by atoms with van der Waals surface area (Å²) in [4.78, 5) is 4.16. The first kappa shape index (κ1) is 22.3. The van der Waals surface area contributed by atoms with Crippen molar-refractivity contribution in [2.75, 3.05) is 0 Å². The second-order valence-electron chi connectivity index (χ2n) is 8.29. The molecule has 0 bridgehead atoms. The molecular weight excluding hydrogens is 426 g/mol. The maximum absolute atomic E-state index is 9.51. The second-order valence-corrected chi connectivity index (χ2v) is 8.29. The fraction of sp³-hybridized carbons (Fsp3) is 0.0769. The van der Waals surface area contributed by atoms with Crippen molar-refractivity contribution in [1.29, 1.82) is 0 Å². The van der Waals surface area contributed by atoms with E-state index in [1.165, 1.54) is 7.48 Å². The van der Waals surface area contributed by atoms with Gasteiger partial charge in [0.2, 0.25) is 11.0 Å². The molecule has 0 aliphatic heterocycles. The molecule has 0 aliphatic carbocycles. The van der Waals surface area contributed by atoms with Gasteiger partial charge in [-0.05, 0) is 23.1 Å². The third kappa shape index (κ3) is 4.58. The van der Waals surface area contributed by atoms with Gasteiger partial charge in [0.05, 0.1) is 10.8 Å². The first-order valence-corrected chi connectivity index (χ1v) is 11.0. The van der Waals surface area contributed by atoms with E-state index >= 15 is 0 Å². The Hall–Kier alpha value is -3.55. The van der Waals surface area contributed by atoms with Crippen molar-refractivity contribution in [2.24, 2.45) is 0 Å². The zero-order valence-electron chi connectivity index (χ0n) is 18.5.